The summed E-state index contributed by atoms with van der Waals surface area (Å²) in [4.78, 5) is 26.6. The summed E-state index contributed by atoms with van der Waals surface area (Å²) >= 11 is 6.02. The Morgan fingerprint density at radius 3 is 3.13 bits per heavy atom. The van der Waals surface area contributed by atoms with E-state index in [1.165, 1.54) is 0 Å². The molecule has 2 aromatic heterocycles. The number of rotatable bonds is 9. The van der Waals surface area contributed by atoms with Crippen molar-refractivity contribution in [2.45, 2.75) is 44.8 Å². The molecule has 9 nitrogen and oxygen atoms in total. The zero-order valence-electron chi connectivity index (χ0n) is 17.5. The number of piperidine rings is 1. The predicted molar refractivity (Wildman–Crippen MR) is 114 cm³/mol. The summed E-state index contributed by atoms with van der Waals surface area (Å²) in [7, 11) is 1.58. The lowest BCUT2D eigenvalue weighted by molar-refractivity contribution is -0.135. The Bertz CT molecular complexity index is 1020. The van der Waals surface area contributed by atoms with E-state index in [0.29, 0.717) is 55.8 Å². The van der Waals surface area contributed by atoms with Crippen LogP contribution in [0.25, 0.3) is 11.0 Å². The van der Waals surface area contributed by atoms with Gasteiger partial charge in [-0.25, -0.2) is 4.98 Å². The number of H-pyrrole nitrogens is 1. The van der Waals surface area contributed by atoms with E-state index < -0.39 is 0 Å². The van der Waals surface area contributed by atoms with E-state index in [0.717, 1.165) is 36.2 Å². The van der Waals surface area contributed by atoms with Crippen LogP contribution in [0.1, 0.15) is 36.8 Å². The molecule has 10 heteroatoms. The largest absolute Gasteiger partial charge is 0.376 e. The number of hydrogen-bond acceptors (Lipinski definition) is 7. The number of ether oxygens (including phenoxy) is 2. The molecule has 4 rings (SSSR count). The highest BCUT2D eigenvalue weighted by molar-refractivity contribution is 6.31. The molecule has 1 unspecified atom stereocenters. The van der Waals surface area contributed by atoms with Crippen LogP contribution in [0.4, 0.5) is 0 Å². The van der Waals surface area contributed by atoms with Gasteiger partial charge in [0, 0.05) is 44.5 Å². The zero-order valence-corrected chi connectivity index (χ0v) is 18.2. The smallest absolute Gasteiger partial charge is 0.252 e. The molecule has 1 fully saturated rings. The van der Waals surface area contributed by atoms with Crippen LogP contribution in [-0.4, -0.2) is 63.8 Å². The van der Waals surface area contributed by atoms with Crippen molar-refractivity contribution in [3.05, 3.63) is 40.8 Å². The third kappa shape index (κ3) is 5.81. The number of carbonyl (C=O) groups is 1. The molecule has 1 N–H and O–H groups in total. The minimum Gasteiger partial charge on any atom is -0.376 e. The summed E-state index contributed by atoms with van der Waals surface area (Å²) in [5.74, 6) is 1.97. The zero-order chi connectivity index (χ0) is 21.6. The van der Waals surface area contributed by atoms with E-state index in [2.05, 4.69) is 20.1 Å². The third-order valence-electron chi connectivity index (χ3n) is 5.26. The molecule has 0 spiro atoms. The maximum atomic E-state index is 12.7. The minimum absolute atomic E-state index is 0.0244. The van der Waals surface area contributed by atoms with Crippen LogP contribution in [0, 0.1) is 0 Å². The minimum atomic E-state index is 0.0244. The van der Waals surface area contributed by atoms with Crippen molar-refractivity contribution in [2.75, 3.05) is 26.8 Å². The lowest BCUT2D eigenvalue weighted by Crippen LogP contribution is -2.43. The molecule has 0 saturated carbocycles. The van der Waals surface area contributed by atoms with Crippen molar-refractivity contribution < 1.29 is 18.8 Å². The molecule has 166 valence electrons. The Hall–Kier alpha value is -2.49. The van der Waals surface area contributed by atoms with Crippen molar-refractivity contribution in [3.63, 3.8) is 0 Å². The highest BCUT2D eigenvalue weighted by atomic mass is 35.5. The first-order valence-corrected chi connectivity index (χ1v) is 10.8. The van der Waals surface area contributed by atoms with E-state index in [-0.39, 0.29) is 12.0 Å². The number of fused-ring (bicyclic) bond motifs is 1. The fourth-order valence-corrected chi connectivity index (χ4v) is 3.90. The SMILES string of the molecule is COCc1nc(CCOC2CCCN(C(=O)CCc3nc4ccc(Cl)cc4[nH]3)C2)no1. The summed E-state index contributed by atoms with van der Waals surface area (Å²) < 4.78 is 16.0. The number of aromatic nitrogens is 4. The van der Waals surface area contributed by atoms with Gasteiger partial charge in [0.25, 0.3) is 5.89 Å². The topological polar surface area (TPSA) is 106 Å². The van der Waals surface area contributed by atoms with Crippen molar-refractivity contribution in [1.29, 1.82) is 0 Å². The number of halogens is 1. The van der Waals surface area contributed by atoms with Gasteiger partial charge >= 0.3 is 0 Å². The van der Waals surface area contributed by atoms with E-state index in [1.54, 1.807) is 7.11 Å². The molecule has 31 heavy (non-hydrogen) atoms. The first-order chi connectivity index (χ1) is 15.1. The van der Waals surface area contributed by atoms with Gasteiger partial charge in [0.1, 0.15) is 12.4 Å². The first kappa shape index (κ1) is 21.7. The van der Waals surface area contributed by atoms with E-state index in [4.69, 9.17) is 25.6 Å². The number of likely N-dealkylation sites (tertiary alicyclic amines) is 1. The van der Waals surface area contributed by atoms with Crippen LogP contribution >= 0.6 is 11.6 Å². The third-order valence-corrected chi connectivity index (χ3v) is 5.49. The Balaban J connectivity index is 1.22. The first-order valence-electron chi connectivity index (χ1n) is 10.4. The second-order valence-corrected chi connectivity index (χ2v) is 8.04. The number of carbonyl (C=O) groups excluding carboxylic acids is 1. The lowest BCUT2D eigenvalue weighted by atomic mass is 10.1. The quantitative estimate of drug-likeness (QED) is 0.537. The number of amides is 1. The van der Waals surface area contributed by atoms with Crippen LogP contribution in [0.3, 0.4) is 0 Å². The van der Waals surface area contributed by atoms with Crippen molar-refractivity contribution in [1.82, 2.24) is 25.0 Å². The number of methoxy groups -OCH3 is 1. The molecule has 1 amide bonds. The van der Waals surface area contributed by atoms with Gasteiger partial charge in [-0.05, 0) is 31.0 Å². The van der Waals surface area contributed by atoms with Crippen molar-refractivity contribution in [3.8, 4) is 0 Å². The summed E-state index contributed by atoms with van der Waals surface area (Å²) in [6.07, 6.45) is 3.43. The standard InChI is InChI=1S/C21H26ClN5O4/c1-29-13-20-25-19(26-31-20)8-10-30-15-3-2-9-27(12-15)21(28)7-6-18-23-16-5-4-14(22)11-17(16)24-18/h4-5,11,15H,2-3,6-10,12-13H2,1H3,(H,23,24). The average Bonchev–Trinajstić information content (AvgIpc) is 3.38. The Morgan fingerprint density at radius 2 is 2.26 bits per heavy atom. The molecule has 0 radical (unpaired) electrons. The number of hydrogen-bond donors (Lipinski definition) is 1. The summed E-state index contributed by atoms with van der Waals surface area (Å²) in [5.41, 5.74) is 1.74. The maximum Gasteiger partial charge on any atom is 0.252 e. The Labute approximate surface area is 185 Å². The molecule has 0 bridgehead atoms. The molecule has 0 aliphatic carbocycles. The highest BCUT2D eigenvalue weighted by Crippen LogP contribution is 2.19. The molecule has 3 aromatic rings. The Morgan fingerprint density at radius 1 is 1.35 bits per heavy atom. The number of aromatic amines is 1. The number of aryl methyl sites for hydroxylation is 1. The average molecular weight is 448 g/mol. The van der Waals surface area contributed by atoms with Gasteiger partial charge in [-0.3, -0.25) is 4.79 Å². The van der Waals surface area contributed by atoms with Gasteiger partial charge in [0.05, 0.1) is 23.7 Å². The molecule has 1 aromatic carbocycles. The number of nitrogens with one attached hydrogen (secondary N) is 1. The van der Waals surface area contributed by atoms with Gasteiger partial charge in [-0.1, -0.05) is 16.8 Å². The molecule has 1 atom stereocenters. The normalized spacial score (nSPS) is 16.8. The Kier molecular flexibility index (Phi) is 7.16. The summed E-state index contributed by atoms with van der Waals surface area (Å²) in [6, 6.07) is 5.53. The molecule has 1 aliphatic heterocycles. The van der Waals surface area contributed by atoms with E-state index in [1.807, 2.05) is 23.1 Å². The second-order valence-electron chi connectivity index (χ2n) is 7.61. The molecule has 1 saturated heterocycles. The molecular formula is C21H26ClN5O4. The number of nitrogens with zero attached hydrogens (tertiary/aromatic N) is 4. The lowest BCUT2D eigenvalue weighted by Gasteiger charge is -2.32. The fraction of sp³-hybridized carbons (Fsp3) is 0.524. The van der Waals surface area contributed by atoms with Crippen molar-refractivity contribution in [2.24, 2.45) is 0 Å². The van der Waals surface area contributed by atoms with Crippen LogP contribution in [0.15, 0.2) is 22.7 Å². The van der Waals surface area contributed by atoms with Crippen LogP contribution < -0.4 is 0 Å². The monoisotopic (exact) mass is 447 g/mol. The number of benzene rings is 1. The molecule has 3 heterocycles. The molecular weight excluding hydrogens is 422 g/mol. The maximum absolute atomic E-state index is 12.7. The summed E-state index contributed by atoms with van der Waals surface area (Å²) in [6.45, 7) is 2.16. The van der Waals surface area contributed by atoms with E-state index >= 15 is 0 Å². The van der Waals surface area contributed by atoms with Crippen molar-refractivity contribution >= 4 is 28.5 Å². The van der Waals surface area contributed by atoms with Crippen LogP contribution in [-0.2, 0) is 33.7 Å². The molecule has 1 aliphatic rings. The van der Waals surface area contributed by atoms with Crippen LogP contribution in [0.2, 0.25) is 5.02 Å². The van der Waals surface area contributed by atoms with Gasteiger partial charge < -0.3 is 23.9 Å². The second kappa shape index (κ2) is 10.2. The fourth-order valence-electron chi connectivity index (χ4n) is 3.73. The van der Waals surface area contributed by atoms with Crippen LogP contribution in [0.5, 0.6) is 0 Å². The van der Waals surface area contributed by atoms with Gasteiger partial charge in [-0.2, -0.15) is 4.98 Å². The number of imidazole rings is 1. The highest BCUT2D eigenvalue weighted by Gasteiger charge is 2.24. The van der Waals surface area contributed by atoms with Gasteiger partial charge in [0.15, 0.2) is 5.82 Å². The van der Waals surface area contributed by atoms with E-state index in [9.17, 15) is 4.79 Å². The van der Waals surface area contributed by atoms with Gasteiger partial charge in [0.2, 0.25) is 5.91 Å². The summed E-state index contributed by atoms with van der Waals surface area (Å²) in [5, 5.41) is 4.57. The predicted octanol–water partition coefficient (Wildman–Crippen LogP) is 2.93. The van der Waals surface area contributed by atoms with Gasteiger partial charge in [-0.15, -0.1) is 0 Å².